The van der Waals surface area contributed by atoms with Gasteiger partial charge in [-0.1, -0.05) is 18.2 Å². The highest BCUT2D eigenvalue weighted by molar-refractivity contribution is 5.96. The maximum absolute atomic E-state index is 11.9. The number of hydrogen-bond donors (Lipinski definition) is 1. The molecule has 0 saturated carbocycles. The second kappa shape index (κ2) is 6.89. The van der Waals surface area contributed by atoms with Crippen LogP contribution in [0.1, 0.15) is 33.2 Å². The van der Waals surface area contributed by atoms with Crippen LogP contribution in [-0.4, -0.2) is 25.5 Å². The molecule has 22 heavy (non-hydrogen) atoms. The van der Waals surface area contributed by atoms with Gasteiger partial charge in [-0.2, -0.15) is 0 Å². The predicted molar refractivity (Wildman–Crippen MR) is 86.0 cm³/mol. The van der Waals surface area contributed by atoms with Crippen molar-refractivity contribution in [1.82, 2.24) is 5.32 Å². The third kappa shape index (κ3) is 3.34. The zero-order valence-corrected chi connectivity index (χ0v) is 13.0. The molecule has 114 valence electrons. The van der Waals surface area contributed by atoms with Gasteiger partial charge < -0.3 is 10.1 Å². The Kier molecular flexibility index (Phi) is 4.94. The maximum atomic E-state index is 11.9. The number of nitrogens with one attached hydrogen (secondary N) is 1. The number of ether oxygens (including phenoxy) is 1. The van der Waals surface area contributed by atoms with Gasteiger partial charge >= 0.3 is 5.97 Å². The van der Waals surface area contributed by atoms with Crippen molar-refractivity contribution in [1.29, 1.82) is 0 Å². The highest BCUT2D eigenvalue weighted by Gasteiger charge is 2.10. The van der Waals surface area contributed by atoms with Crippen LogP contribution in [0.5, 0.6) is 0 Å². The van der Waals surface area contributed by atoms with Gasteiger partial charge in [0.15, 0.2) is 0 Å². The Bertz CT molecular complexity index is 690. The van der Waals surface area contributed by atoms with Gasteiger partial charge in [-0.25, -0.2) is 4.79 Å². The molecule has 0 unspecified atom stereocenters. The van der Waals surface area contributed by atoms with Crippen LogP contribution in [0.3, 0.4) is 0 Å². The molecule has 0 atom stereocenters. The van der Waals surface area contributed by atoms with Crippen LogP contribution in [0.2, 0.25) is 0 Å². The molecular weight excluding hydrogens is 278 g/mol. The summed E-state index contributed by atoms with van der Waals surface area (Å²) in [5, 5.41) is 2.79. The number of hydrogen-bond acceptors (Lipinski definition) is 3. The first-order valence-corrected chi connectivity index (χ1v) is 7.14. The zero-order chi connectivity index (χ0) is 16.1. The Morgan fingerprint density at radius 3 is 2.27 bits per heavy atom. The van der Waals surface area contributed by atoms with Crippen molar-refractivity contribution in [3.8, 4) is 11.1 Å². The number of esters is 1. The average molecular weight is 297 g/mol. The lowest BCUT2D eigenvalue weighted by atomic mass is 9.97. The number of amides is 1. The van der Waals surface area contributed by atoms with Crippen LogP contribution in [0.25, 0.3) is 11.1 Å². The summed E-state index contributed by atoms with van der Waals surface area (Å²) in [6.45, 7) is 4.47. The van der Waals surface area contributed by atoms with Crippen molar-refractivity contribution in [3.63, 3.8) is 0 Å². The van der Waals surface area contributed by atoms with E-state index in [1.165, 1.54) is 7.11 Å². The van der Waals surface area contributed by atoms with Gasteiger partial charge in [0.05, 0.1) is 12.7 Å². The van der Waals surface area contributed by atoms with Gasteiger partial charge in [-0.05, 0) is 54.8 Å². The molecule has 0 heterocycles. The van der Waals surface area contributed by atoms with E-state index in [0.29, 0.717) is 17.7 Å². The molecule has 1 N–H and O–H groups in total. The van der Waals surface area contributed by atoms with E-state index in [1.54, 1.807) is 12.1 Å². The van der Waals surface area contributed by atoms with Crippen LogP contribution in [0.4, 0.5) is 0 Å². The normalized spacial score (nSPS) is 10.1. The Morgan fingerprint density at radius 1 is 1.05 bits per heavy atom. The number of carbonyl (C=O) groups excluding carboxylic acids is 2. The molecular formula is C18H19NO3. The molecule has 0 radical (unpaired) electrons. The SMILES string of the molecule is CCNC(=O)c1ccc(C)c(-c2ccc(C(=O)OC)cc2)c1. The van der Waals surface area contributed by atoms with Crippen LogP contribution >= 0.6 is 0 Å². The van der Waals surface area contributed by atoms with Crippen LogP contribution in [0, 0.1) is 6.92 Å². The third-order valence-electron chi connectivity index (χ3n) is 3.45. The first kappa shape index (κ1) is 15.8. The maximum Gasteiger partial charge on any atom is 0.337 e. The minimum atomic E-state index is -0.362. The quantitative estimate of drug-likeness (QED) is 0.882. The number of rotatable bonds is 4. The van der Waals surface area contributed by atoms with Crippen molar-refractivity contribution in [2.45, 2.75) is 13.8 Å². The molecule has 2 aromatic rings. The monoisotopic (exact) mass is 297 g/mol. The molecule has 2 rings (SSSR count). The minimum Gasteiger partial charge on any atom is -0.465 e. The van der Waals surface area contributed by atoms with E-state index in [4.69, 9.17) is 4.74 Å². The van der Waals surface area contributed by atoms with Crippen molar-refractivity contribution < 1.29 is 14.3 Å². The predicted octanol–water partition coefficient (Wildman–Crippen LogP) is 3.20. The molecule has 4 nitrogen and oxygen atoms in total. The molecule has 0 aliphatic heterocycles. The average Bonchev–Trinajstić information content (AvgIpc) is 2.55. The summed E-state index contributed by atoms with van der Waals surface area (Å²) in [6.07, 6.45) is 0. The first-order chi connectivity index (χ1) is 10.6. The molecule has 0 saturated heterocycles. The van der Waals surface area contributed by atoms with E-state index in [9.17, 15) is 9.59 Å². The van der Waals surface area contributed by atoms with Crippen LogP contribution < -0.4 is 5.32 Å². The van der Waals surface area contributed by atoms with Gasteiger partial charge in [0.1, 0.15) is 0 Å². The topological polar surface area (TPSA) is 55.4 Å². The molecule has 4 heteroatoms. The Morgan fingerprint density at radius 2 is 1.68 bits per heavy atom. The summed E-state index contributed by atoms with van der Waals surface area (Å²) in [7, 11) is 1.36. The van der Waals surface area contributed by atoms with Gasteiger partial charge in [0.2, 0.25) is 0 Å². The van der Waals surface area contributed by atoms with E-state index in [0.717, 1.165) is 16.7 Å². The van der Waals surface area contributed by atoms with Gasteiger partial charge in [-0.15, -0.1) is 0 Å². The van der Waals surface area contributed by atoms with Crippen molar-refractivity contribution in [3.05, 3.63) is 59.2 Å². The number of benzene rings is 2. The molecule has 0 aromatic heterocycles. The van der Waals surface area contributed by atoms with Crippen LogP contribution in [-0.2, 0) is 4.74 Å². The largest absolute Gasteiger partial charge is 0.465 e. The summed E-state index contributed by atoms with van der Waals surface area (Å²) in [6, 6.07) is 12.8. The van der Waals surface area contributed by atoms with Gasteiger partial charge in [-0.3, -0.25) is 4.79 Å². The van der Waals surface area contributed by atoms with E-state index in [2.05, 4.69) is 5.32 Å². The Balaban J connectivity index is 2.37. The fourth-order valence-electron chi connectivity index (χ4n) is 2.24. The molecule has 0 aliphatic rings. The third-order valence-corrected chi connectivity index (χ3v) is 3.45. The number of aryl methyl sites for hydroxylation is 1. The van der Waals surface area contributed by atoms with E-state index in [1.807, 2.05) is 44.2 Å². The number of carbonyl (C=O) groups is 2. The fourth-order valence-corrected chi connectivity index (χ4v) is 2.24. The second-order valence-electron chi connectivity index (χ2n) is 4.96. The summed E-state index contributed by atoms with van der Waals surface area (Å²) in [5.74, 6) is -0.450. The van der Waals surface area contributed by atoms with Crippen molar-refractivity contribution >= 4 is 11.9 Å². The summed E-state index contributed by atoms with van der Waals surface area (Å²) >= 11 is 0. The molecule has 0 spiro atoms. The smallest absolute Gasteiger partial charge is 0.337 e. The first-order valence-electron chi connectivity index (χ1n) is 7.14. The number of methoxy groups -OCH3 is 1. The fraction of sp³-hybridized carbons (Fsp3) is 0.222. The summed E-state index contributed by atoms with van der Waals surface area (Å²) < 4.78 is 4.69. The molecule has 2 aromatic carbocycles. The standard InChI is InChI=1S/C18H19NO3/c1-4-19-17(20)15-6-5-12(2)16(11-15)13-7-9-14(10-8-13)18(21)22-3/h5-11H,4H2,1-3H3,(H,19,20). The lowest BCUT2D eigenvalue weighted by molar-refractivity contribution is 0.0600. The molecule has 1 amide bonds. The Hall–Kier alpha value is -2.62. The van der Waals surface area contributed by atoms with E-state index in [-0.39, 0.29) is 11.9 Å². The highest BCUT2D eigenvalue weighted by Crippen LogP contribution is 2.25. The van der Waals surface area contributed by atoms with Crippen molar-refractivity contribution in [2.75, 3.05) is 13.7 Å². The lowest BCUT2D eigenvalue weighted by Gasteiger charge is -2.10. The van der Waals surface area contributed by atoms with Gasteiger partial charge in [0, 0.05) is 12.1 Å². The summed E-state index contributed by atoms with van der Waals surface area (Å²) in [5.41, 5.74) is 4.12. The minimum absolute atomic E-state index is 0.0880. The molecule has 0 fully saturated rings. The highest BCUT2D eigenvalue weighted by atomic mass is 16.5. The van der Waals surface area contributed by atoms with Gasteiger partial charge in [0.25, 0.3) is 5.91 Å². The van der Waals surface area contributed by atoms with E-state index >= 15 is 0 Å². The van der Waals surface area contributed by atoms with E-state index < -0.39 is 0 Å². The lowest BCUT2D eigenvalue weighted by Crippen LogP contribution is -2.22. The summed E-state index contributed by atoms with van der Waals surface area (Å²) in [4.78, 5) is 23.4. The molecule has 0 bridgehead atoms. The van der Waals surface area contributed by atoms with Crippen LogP contribution in [0.15, 0.2) is 42.5 Å². The Labute approximate surface area is 130 Å². The van der Waals surface area contributed by atoms with Crippen molar-refractivity contribution in [2.24, 2.45) is 0 Å². The molecule has 0 aliphatic carbocycles. The zero-order valence-electron chi connectivity index (χ0n) is 13.0. The second-order valence-corrected chi connectivity index (χ2v) is 4.96.